The lowest BCUT2D eigenvalue weighted by Crippen LogP contribution is -1.91. The molecule has 0 N–H and O–H groups in total. The standard InChI is InChI=1S/C9H15ClN2O/c1-3-5-6-8-11-9(12-13-8)7(10)4-2/h7H,3-6H2,1-2H3. The average Bonchev–Trinajstić information content (AvgIpc) is 2.62. The molecule has 1 rings (SSSR count). The summed E-state index contributed by atoms with van der Waals surface area (Å²) in [7, 11) is 0. The Morgan fingerprint density at radius 2 is 2.23 bits per heavy atom. The van der Waals surface area contributed by atoms with E-state index in [0.29, 0.717) is 11.7 Å². The Morgan fingerprint density at radius 1 is 1.46 bits per heavy atom. The summed E-state index contributed by atoms with van der Waals surface area (Å²) in [6, 6.07) is 0. The van der Waals surface area contributed by atoms with Crippen LogP contribution in [0.5, 0.6) is 0 Å². The fraction of sp³-hybridized carbons (Fsp3) is 0.778. The van der Waals surface area contributed by atoms with Crippen LogP contribution < -0.4 is 0 Å². The number of nitrogens with zero attached hydrogens (tertiary/aromatic N) is 2. The summed E-state index contributed by atoms with van der Waals surface area (Å²) in [5, 5.41) is 3.71. The quantitative estimate of drug-likeness (QED) is 0.689. The van der Waals surface area contributed by atoms with Crippen molar-refractivity contribution < 1.29 is 4.52 Å². The molecule has 0 bridgehead atoms. The van der Waals surface area contributed by atoms with Crippen molar-refractivity contribution >= 4 is 11.6 Å². The first-order chi connectivity index (χ1) is 6.27. The van der Waals surface area contributed by atoms with Crippen molar-refractivity contribution in [3.63, 3.8) is 0 Å². The first kappa shape index (κ1) is 10.5. The van der Waals surface area contributed by atoms with Gasteiger partial charge in [0.25, 0.3) is 0 Å². The molecule has 4 heteroatoms. The molecule has 0 radical (unpaired) electrons. The molecule has 0 aliphatic carbocycles. The lowest BCUT2D eigenvalue weighted by atomic mass is 10.2. The number of rotatable bonds is 5. The van der Waals surface area contributed by atoms with E-state index < -0.39 is 0 Å². The van der Waals surface area contributed by atoms with Crippen LogP contribution in [0.3, 0.4) is 0 Å². The second-order valence-electron chi connectivity index (χ2n) is 3.03. The van der Waals surface area contributed by atoms with Crippen LogP contribution >= 0.6 is 11.6 Å². The molecule has 0 saturated heterocycles. The highest BCUT2D eigenvalue weighted by atomic mass is 35.5. The molecule has 74 valence electrons. The maximum Gasteiger partial charge on any atom is 0.226 e. The zero-order chi connectivity index (χ0) is 9.68. The number of hydrogen-bond acceptors (Lipinski definition) is 3. The molecule has 0 spiro atoms. The highest BCUT2D eigenvalue weighted by Crippen LogP contribution is 2.20. The van der Waals surface area contributed by atoms with E-state index in [1.165, 1.54) is 0 Å². The third kappa shape index (κ3) is 2.99. The maximum absolute atomic E-state index is 5.95. The second-order valence-corrected chi connectivity index (χ2v) is 3.55. The summed E-state index contributed by atoms with van der Waals surface area (Å²) >= 11 is 5.95. The van der Waals surface area contributed by atoms with Gasteiger partial charge in [0, 0.05) is 6.42 Å². The van der Waals surface area contributed by atoms with Crippen molar-refractivity contribution in [2.24, 2.45) is 0 Å². The Hall–Kier alpha value is -0.570. The minimum atomic E-state index is -0.112. The van der Waals surface area contributed by atoms with Crippen molar-refractivity contribution in [3.8, 4) is 0 Å². The van der Waals surface area contributed by atoms with E-state index in [9.17, 15) is 0 Å². The maximum atomic E-state index is 5.95. The third-order valence-electron chi connectivity index (χ3n) is 1.87. The van der Waals surface area contributed by atoms with Gasteiger partial charge in [-0.1, -0.05) is 25.4 Å². The number of halogens is 1. The van der Waals surface area contributed by atoms with Gasteiger partial charge in [-0.2, -0.15) is 4.98 Å². The summed E-state index contributed by atoms with van der Waals surface area (Å²) in [5.74, 6) is 1.33. The SMILES string of the molecule is CCCCc1nc(C(Cl)CC)no1. The third-order valence-corrected chi connectivity index (χ3v) is 2.37. The molecule has 0 aromatic carbocycles. The van der Waals surface area contributed by atoms with Crippen LogP contribution in [0, 0.1) is 0 Å². The second kappa shape index (κ2) is 5.22. The number of unbranched alkanes of at least 4 members (excludes halogenated alkanes) is 1. The van der Waals surface area contributed by atoms with E-state index in [-0.39, 0.29) is 5.38 Å². The largest absolute Gasteiger partial charge is 0.339 e. The van der Waals surface area contributed by atoms with Crippen LogP contribution in [0.1, 0.15) is 50.2 Å². The fourth-order valence-corrected chi connectivity index (χ4v) is 1.10. The molecule has 0 aliphatic rings. The van der Waals surface area contributed by atoms with Gasteiger partial charge in [0.05, 0.1) is 5.38 Å². The van der Waals surface area contributed by atoms with Crippen molar-refractivity contribution in [1.29, 1.82) is 0 Å². The van der Waals surface area contributed by atoms with Crippen LogP contribution in [0.25, 0.3) is 0 Å². The molecule has 0 fully saturated rings. The van der Waals surface area contributed by atoms with Crippen molar-refractivity contribution in [2.45, 2.75) is 44.9 Å². The molecule has 1 unspecified atom stereocenters. The normalized spacial score (nSPS) is 13.2. The van der Waals surface area contributed by atoms with E-state index in [2.05, 4.69) is 17.1 Å². The van der Waals surface area contributed by atoms with Crippen molar-refractivity contribution in [1.82, 2.24) is 10.1 Å². The van der Waals surface area contributed by atoms with Gasteiger partial charge in [-0.3, -0.25) is 0 Å². The van der Waals surface area contributed by atoms with Gasteiger partial charge in [0.2, 0.25) is 5.89 Å². The Morgan fingerprint density at radius 3 is 2.85 bits per heavy atom. The Balaban J connectivity index is 2.53. The van der Waals surface area contributed by atoms with Gasteiger partial charge in [-0.05, 0) is 12.8 Å². The first-order valence-corrected chi connectivity index (χ1v) is 5.18. The van der Waals surface area contributed by atoms with Crippen molar-refractivity contribution in [2.75, 3.05) is 0 Å². The zero-order valence-electron chi connectivity index (χ0n) is 8.09. The molecule has 1 aromatic heterocycles. The van der Waals surface area contributed by atoms with Crippen LogP contribution in [0.15, 0.2) is 4.52 Å². The summed E-state index contributed by atoms with van der Waals surface area (Å²) in [6.45, 7) is 4.13. The number of aryl methyl sites for hydroxylation is 1. The minimum Gasteiger partial charge on any atom is -0.339 e. The molecular weight excluding hydrogens is 188 g/mol. The summed E-state index contributed by atoms with van der Waals surface area (Å²) in [5.41, 5.74) is 0. The molecule has 0 amide bonds. The lowest BCUT2D eigenvalue weighted by Gasteiger charge is -1.96. The lowest BCUT2D eigenvalue weighted by molar-refractivity contribution is 0.369. The summed E-state index contributed by atoms with van der Waals surface area (Å²) in [6.07, 6.45) is 3.90. The zero-order valence-corrected chi connectivity index (χ0v) is 8.84. The number of alkyl halides is 1. The smallest absolute Gasteiger partial charge is 0.226 e. The Kier molecular flexibility index (Phi) is 4.22. The first-order valence-electron chi connectivity index (χ1n) is 4.74. The predicted molar refractivity (Wildman–Crippen MR) is 51.8 cm³/mol. The Labute approximate surface area is 83.5 Å². The molecule has 0 aliphatic heterocycles. The Bertz CT molecular complexity index is 250. The van der Waals surface area contributed by atoms with E-state index in [4.69, 9.17) is 16.1 Å². The fourth-order valence-electron chi connectivity index (χ4n) is 1.01. The molecule has 1 aromatic rings. The van der Waals surface area contributed by atoms with Gasteiger partial charge >= 0.3 is 0 Å². The van der Waals surface area contributed by atoms with Gasteiger partial charge in [-0.15, -0.1) is 11.6 Å². The van der Waals surface area contributed by atoms with Crippen LogP contribution in [0.2, 0.25) is 0 Å². The summed E-state index contributed by atoms with van der Waals surface area (Å²) in [4.78, 5) is 4.21. The molecule has 0 saturated carbocycles. The number of hydrogen-bond donors (Lipinski definition) is 0. The topological polar surface area (TPSA) is 38.9 Å². The van der Waals surface area contributed by atoms with Crippen LogP contribution in [-0.2, 0) is 6.42 Å². The summed E-state index contributed by atoms with van der Waals surface area (Å²) < 4.78 is 5.04. The predicted octanol–water partition coefficient (Wildman–Crippen LogP) is 3.10. The average molecular weight is 203 g/mol. The van der Waals surface area contributed by atoms with Gasteiger partial charge in [0.1, 0.15) is 0 Å². The van der Waals surface area contributed by atoms with E-state index in [1.807, 2.05) is 6.92 Å². The monoisotopic (exact) mass is 202 g/mol. The van der Waals surface area contributed by atoms with Gasteiger partial charge in [0.15, 0.2) is 5.82 Å². The van der Waals surface area contributed by atoms with E-state index >= 15 is 0 Å². The van der Waals surface area contributed by atoms with Crippen LogP contribution in [0.4, 0.5) is 0 Å². The van der Waals surface area contributed by atoms with Gasteiger partial charge < -0.3 is 4.52 Å². The minimum absolute atomic E-state index is 0.112. The van der Waals surface area contributed by atoms with E-state index in [0.717, 1.165) is 25.7 Å². The number of aromatic nitrogens is 2. The molecular formula is C9H15ClN2O. The molecule has 3 nitrogen and oxygen atoms in total. The highest BCUT2D eigenvalue weighted by molar-refractivity contribution is 6.20. The van der Waals surface area contributed by atoms with E-state index in [1.54, 1.807) is 0 Å². The van der Waals surface area contributed by atoms with Crippen molar-refractivity contribution in [3.05, 3.63) is 11.7 Å². The molecule has 1 heterocycles. The highest BCUT2D eigenvalue weighted by Gasteiger charge is 2.12. The van der Waals surface area contributed by atoms with Crippen LogP contribution in [-0.4, -0.2) is 10.1 Å². The molecule has 1 atom stereocenters. The van der Waals surface area contributed by atoms with Gasteiger partial charge in [-0.25, -0.2) is 0 Å². The molecule has 13 heavy (non-hydrogen) atoms.